The normalized spacial score (nSPS) is 18.0. The predicted octanol–water partition coefficient (Wildman–Crippen LogP) is 3.55. The summed E-state index contributed by atoms with van der Waals surface area (Å²) >= 11 is 0. The fourth-order valence-corrected chi connectivity index (χ4v) is 3.16. The average molecular weight is 328 g/mol. The van der Waals surface area contributed by atoms with Gasteiger partial charge in [0.2, 0.25) is 0 Å². The van der Waals surface area contributed by atoms with Crippen molar-refractivity contribution in [2.45, 2.75) is 50.9 Å². The highest BCUT2D eigenvalue weighted by Crippen LogP contribution is 2.36. The highest BCUT2D eigenvalue weighted by atomic mass is 19.4. The van der Waals surface area contributed by atoms with Crippen LogP contribution in [-0.4, -0.2) is 22.2 Å². The Labute approximate surface area is 131 Å². The molecule has 0 aliphatic heterocycles. The van der Waals surface area contributed by atoms with E-state index in [9.17, 15) is 18.3 Å². The van der Waals surface area contributed by atoms with Crippen LogP contribution in [0.15, 0.2) is 16.5 Å². The Hall–Kier alpha value is -1.60. The molecule has 126 valence electrons. The van der Waals surface area contributed by atoms with Gasteiger partial charge in [0.1, 0.15) is 11.1 Å². The van der Waals surface area contributed by atoms with E-state index in [1.54, 1.807) is 6.07 Å². The molecule has 0 bridgehead atoms. The second-order valence-electron chi connectivity index (χ2n) is 6.26. The van der Waals surface area contributed by atoms with Gasteiger partial charge in [-0.25, -0.2) is 4.98 Å². The number of aryl methyl sites for hydroxylation is 1. The summed E-state index contributed by atoms with van der Waals surface area (Å²) in [5.74, 6) is 0.205. The summed E-state index contributed by atoms with van der Waals surface area (Å²) in [5, 5.41) is 13.3. The van der Waals surface area contributed by atoms with Gasteiger partial charge in [0, 0.05) is 20.0 Å². The number of hydrogen-bond donors (Lipinski definition) is 2. The smallest absolute Gasteiger partial charge is 0.420 e. The average Bonchev–Trinajstić information content (AvgIpc) is 3.02. The summed E-state index contributed by atoms with van der Waals surface area (Å²) < 4.78 is 44.7. The van der Waals surface area contributed by atoms with E-state index in [-0.39, 0.29) is 23.5 Å². The zero-order valence-electron chi connectivity index (χ0n) is 12.8. The zero-order valence-corrected chi connectivity index (χ0v) is 12.8. The highest BCUT2D eigenvalue weighted by molar-refractivity contribution is 5.78. The Morgan fingerprint density at radius 3 is 2.65 bits per heavy atom. The second kappa shape index (κ2) is 5.79. The topological polar surface area (TPSA) is 58.3 Å². The Balaban J connectivity index is 1.80. The molecule has 1 aromatic heterocycles. The maximum Gasteiger partial charge on any atom is 0.420 e. The van der Waals surface area contributed by atoms with Crippen molar-refractivity contribution < 1.29 is 22.7 Å². The third-order valence-electron chi connectivity index (χ3n) is 4.28. The van der Waals surface area contributed by atoms with Crippen molar-refractivity contribution in [1.82, 2.24) is 10.3 Å². The SMILES string of the molecule is Cc1nc2cc(CNCC3(O)CCCC3)cc(C(F)(F)F)c2o1. The Morgan fingerprint density at radius 2 is 2.00 bits per heavy atom. The number of halogens is 3. The molecule has 4 nitrogen and oxygen atoms in total. The van der Waals surface area contributed by atoms with E-state index in [0.29, 0.717) is 12.1 Å². The number of hydrogen-bond acceptors (Lipinski definition) is 4. The molecule has 3 rings (SSSR count). The van der Waals surface area contributed by atoms with Gasteiger partial charge in [-0.05, 0) is 30.5 Å². The largest absolute Gasteiger partial charge is 0.440 e. The van der Waals surface area contributed by atoms with Crippen molar-refractivity contribution in [3.05, 3.63) is 29.2 Å². The summed E-state index contributed by atoms with van der Waals surface area (Å²) in [7, 11) is 0. The summed E-state index contributed by atoms with van der Waals surface area (Å²) in [6.45, 7) is 2.14. The van der Waals surface area contributed by atoms with E-state index in [4.69, 9.17) is 4.42 Å². The van der Waals surface area contributed by atoms with Gasteiger partial charge in [-0.2, -0.15) is 13.2 Å². The van der Waals surface area contributed by atoms with Crippen molar-refractivity contribution in [2.24, 2.45) is 0 Å². The van der Waals surface area contributed by atoms with E-state index < -0.39 is 17.3 Å². The maximum absolute atomic E-state index is 13.2. The van der Waals surface area contributed by atoms with Gasteiger partial charge in [-0.1, -0.05) is 12.8 Å². The van der Waals surface area contributed by atoms with E-state index in [0.717, 1.165) is 31.7 Å². The quantitative estimate of drug-likeness (QED) is 0.901. The lowest BCUT2D eigenvalue weighted by Crippen LogP contribution is -2.37. The molecule has 0 radical (unpaired) electrons. The lowest BCUT2D eigenvalue weighted by molar-refractivity contribution is -0.136. The van der Waals surface area contributed by atoms with Crippen LogP contribution in [0.2, 0.25) is 0 Å². The van der Waals surface area contributed by atoms with E-state index in [1.165, 1.54) is 6.92 Å². The van der Waals surface area contributed by atoms with E-state index in [2.05, 4.69) is 10.3 Å². The minimum atomic E-state index is -4.50. The number of rotatable bonds is 4. The van der Waals surface area contributed by atoms with Gasteiger partial charge in [0.15, 0.2) is 11.5 Å². The number of benzene rings is 1. The molecule has 1 heterocycles. The minimum absolute atomic E-state index is 0.203. The standard InChI is InChI=1S/C16H19F3N2O2/c1-10-21-13-7-11(6-12(14(13)23-10)16(17,18)19)8-20-9-15(22)4-2-3-5-15/h6-7,20,22H,2-5,8-9H2,1H3. The molecule has 2 N–H and O–H groups in total. The molecule has 1 fully saturated rings. The van der Waals surface area contributed by atoms with Crippen LogP contribution in [0, 0.1) is 6.92 Å². The predicted molar refractivity (Wildman–Crippen MR) is 78.9 cm³/mol. The minimum Gasteiger partial charge on any atom is -0.440 e. The molecule has 1 aliphatic rings. The molecule has 1 aliphatic carbocycles. The summed E-state index contributed by atoms with van der Waals surface area (Å²) in [4.78, 5) is 4.00. The fourth-order valence-electron chi connectivity index (χ4n) is 3.16. The highest BCUT2D eigenvalue weighted by Gasteiger charge is 2.35. The zero-order chi connectivity index (χ0) is 16.7. The van der Waals surface area contributed by atoms with Crippen LogP contribution in [0.4, 0.5) is 13.2 Å². The van der Waals surface area contributed by atoms with E-state index in [1.807, 2.05) is 0 Å². The number of alkyl halides is 3. The van der Waals surface area contributed by atoms with Crippen molar-refractivity contribution in [3.8, 4) is 0 Å². The molecule has 0 unspecified atom stereocenters. The molecule has 2 aromatic rings. The molecular weight excluding hydrogens is 309 g/mol. The summed E-state index contributed by atoms with van der Waals surface area (Å²) in [6.07, 6.45) is -1.06. The van der Waals surface area contributed by atoms with Crippen LogP contribution in [0.3, 0.4) is 0 Å². The molecule has 0 amide bonds. The van der Waals surface area contributed by atoms with Crippen molar-refractivity contribution in [3.63, 3.8) is 0 Å². The monoisotopic (exact) mass is 328 g/mol. The van der Waals surface area contributed by atoms with Gasteiger partial charge >= 0.3 is 6.18 Å². The number of nitrogens with zero attached hydrogens (tertiary/aromatic N) is 1. The maximum atomic E-state index is 13.2. The van der Waals surface area contributed by atoms with Gasteiger partial charge in [-0.3, -0.25) is 0 Å². The molecule has 23 heavy (non-hydrogen) atoms. The summed E-state index contributed by atoms with van der Waals surface area (Å²) in [5.41, 5.74) is -1.10. The first-order valence-electron chi connectivity index (χ1n) is 7.67. The van der Waals surface area contributed by atoms with Crippen LogP contribution in [0.5, 0.6) is 0 Å². The first kappa shape index (κ1) is 16.3. The van der Waals surface area contributed by atoms with Crippen LogP contribution in [0.25, 0.3) is 11.1 Å². The van der Waals surface area contributed by atoms with Crippen LogP contribution in [-0.2, 0) is 12.7 Å². The van der Waals surface area contributed by atoms with Gasteiger partial charge < -0.3 is 14.8 Å². The molecule has 1 aromatic carbocycles. The molecule has 0 saturated heterocycles. The Kier molecular flexibility index (Phi) is 4.10. The van der Waals surface area contributed by atoms with Crippen LogP contribution >= 0.6 is 0 Å². The third-order valence-corrected chi connectivity index (χ3v) is 4.28. The molecular formula is C16H19F3N2O2. The summed E-state index contributed by atoms with van der Waals surface area (Å²) in [6, 6.07) is 2.67. The number of oxazole rings is 1. The molecule has 7 heteroatoms. The first-order chi connectivity index (χ1) is 10.8. The lowest BCUT2D eigenvalue weighted by atomic mass is 10.0. The first-order valence-corrected chi connectivity index (χ1v) is 7.67. The Morgan fingerprint density at radius 1 is 1.30 bits per heavy atom. The van der Waals surface area contributed by atoms with Crippen LogP contribution in [0.1, 0.15) is 42.7 Å². The molecule has 0 atom stereocenters. The Bertz CT molecular complexity index is 703. The number of aliphatic hydroxyl groups is 1. The van der Waals surface area contributed by atoms with Crippen LogP contribution < -0.4 is 5.32 Å². The van der Waals surface area contributed by atoms with Gasteiger partial charge in [0.25, 0.3) is 0 Å². The third kappa shape index (κ3) is 3.50. The number of fused-ring (bicyclic) bond motifs is 1. The molecule has 0 spiro atoms. The van der Waals surface area contributed by atoms with Crippen molar-refractivity contribution in [1.29, 1.82) is 0 Å². The van der Waals surface area contributed by atoms with Gasteiger partial charge in [0.05, 0.1) is 5.60 Å². The van der Waals surface area contributed by atoms with Crippen molar-refractivity contribution >= 4 is 11.1 Å². The number of aromatic nitrogens is 1. The van der Waals surface area contributed by atoms with Crippen molar-refractivity contribution in [2.75, 3.05) is 6.54 Å². The fraction of sp³-hybridized carbons (Fsp3) is 0.562. The van der Waals surface area contributed by atoms with Gasteiger partial charge in [-0.15, -0.1) is 0 Å². The molecule has 1 saturated carbocycles. The second-order valence-corrected chi connectivity index (χ2v) is 6.26. The lowest BCUT2D eigenvalue weighted by Gasteiger charge is -2.22. The van der Waals surface area contributed by atoms with E-state index >= 15 is 0 Å². The number of nitrogens with one attached hydrogen (secondary N) is 1.